The van der Waals surface area contributed by atoms with E-state index < -0.39 is 5.63 Å². The predicted molar refractivity (Wildman–Crippen MR) is 109 cm³/mol. The van der Waals surface area contributed by atoms with Crippen LogP contribution in [0.3, 0.4) is 0 Å². The zero-order valence-corrected chi connectivity index (χ0v) is 16.6. The van der Waals surface area contributed by atoms with Crippen molar-refractivity contribution in [1.29, 1.82) is 0 Å². The summed E-state index contributed by atoms with van der Waals surface area (Å²) in [6, 6.07) is 15.5. The van der Waals surface area contributed by atoms with Crippen molar-refractivity contribution in [3.63, 3.8) is 0 Å². The third kappa shape index (κ3) is 4.32. The van der Waals surface area contributed by atoms with Gasteiger partial charge in [-0.05, 0) is 42.5 Å². The van der Waals surface area contributed by atoms with Gasteiger partial charge in [0.1, 0.15) is 5.58 Å². The molecule has 2 aromatic heterocycles. The van der Waals surface area contributed by atoms with E-state index in [0.29, 0.717) is 22.4 Å². The SMILES string of the molecule is O=C(CSc1nnc(-c2cccc(Br)c2)o1)Nc1ccc2oc(=O)ccc2c1. The number of carbonyl (C=O) groups excluding carboxylic acids is 1. The highest BCUT2D eigenvalue weighted by Crippen LogP contribution is 2.25. The lowest BCUT2D eigenvalue weighted by Gasteiger charge is -2.05. The second-order valence-corrected chi connectivity index (χ2v) is 7.57. The number of carbonyl (C=O) groups is 1. The first-order valence-electron chi connectivity index (χ1n) is 8.13. The maximum absolute atomic E-state index is 12.2. The second kappa shape index (κ2) is 7.99. The summed E-state index contributed by atoms with van der Waals surface area (Å²) in [5.41, 5.74) is 1.45. The van der Waals surface area contributed by atoms with Crippen molar-refractivity contribution in [2.45, 2.75) is 5.22 Å². The molecular weight excluding hydrogens is 446 g/mol. The van der Waals surface area contributed by atoms with Crippen LogP contribution in [0.25, 0.3) is 22.4 Å². The van der Waals surface area contributed by atoms with Gasteiger partial charge in [0.2, 0.25) is 11.8 Å². The Morgan fingerprint density at radius 2 is 1.96 bits per heavy atom. The average Bonchev–Trinajstić information content (AvgIpc) is 3.16. The fraction of sp³-hybridized carbons (Fsp3) is 0.0526. The highest BCUT2D eigenvalue weighted by molar-refractivity contribution is 9.10. The predicted octanol–water partition coefficient (Wildman–Crippen LogP) is 4.34. The topological polar surface area (TPSA) is 98.2 Å². The highest BCUT2D eigenvalue weighted by atomic mass is 79.9. The Kier molecular flexibility index (Phi) is 5.27. The molecule has 0 aliphatic heterocycles. The van der Waals surface area contributed by atoms with E-state index in [9.17, 15) is 9.59 Å². The molecule has 2 heterocycles. The van der Waals surface area contributed by atoms with Crippen molar-refractivity contribution < 1.29 is 13.6 Å². The maximum atomic E-state index is 12.2. The molecule has 7 nitrogen and oxygen atoms in total. The summed E-state index contributed by atoms with van der Waals surface area (Å²) in [5.74, 6) is 0.284. The van der Waals surface area contributed by atoms with E-state index in [2.05, 4.69) is 31.4 Å². The van der Waals surface area contributed by atoms with Crippen molar-refractivity contribution in [1.82, 2.24) is 10.2 Å². The van der Waals surface area contributed by atoms with Gasteiger partial charge in [-0.3, -0.25) is 4.79 Å². The van der Waals surface area contributed by atoms with Gasteiger partial charge in [0, 0.05) is 27.2 Å². The molecule has 0 radical (unpaired) electrons. The molecule has 0 saturated carbocycles. The first kappa shape index (κ1) is 18.5. The van der Waals surface area contributed by atoms with E-state index in [1.807, 2.05) is 24.3 Å². The molecule has 0 bridgehead atoms. The zero-order valence-electron chi connectivity index (χ0n) is 14.2. The third-order valence-corrected chi connectivity index (χ3v) is 5.02. The van der Waals surface area contributed by atoms with Gasteiger partial charge in [-0.25, -0.2) is 4.79 Å². The number of aromatic nitrogens is 2. The molecule has 0 atom stereocenters. The Bertz CT molecular complexity index is 1220. The number of halogens is 1. The molecule has 0 spiro atoms. The molecule has 2 aromatic carbocycles. The van der Waals surface area contributed by atoms with Gasteiger partial charge >= 0.3 is 5.63 Å². The molecule has 0 fully saturated rings. The number of hydrogen-bond donors (Lipinski definition) is 1. The molecule has 4 rings (SSSR count). The lowest BCUT2D eigenvalue weighted by molar-refractivity contribution is -0.113. The van der Waals surface area contributed by atoms with Crippen molar-refractivity contribution in [2.24, 2.45) is 0 Å². The van der Waals surface area contributed by atoms with Crippen LogP contribution in [0.1, 0.15) is 0 Å². The van der Waals surface area contributed by atoms with Crippen LogP contribution in [0.5, 0.6) is 0 Å². The van der Waals surface area contributed by atoms with Crippen LogP contribution in [0.2, 0.25) is 0 Å². The van der Waals surface area contributed by atoms with E-state index in [1.54, 1.807) is 24.3 Å². The lowest BCUT2D eigenvalue weighted by Crippen LogP contribution is -2.14. The van der Waals surface area contributed by atoms with Gasteiger partial charge < -0.3 is 14.2 Å². The fourth-order valence-electron chi connectivity index (χ4n) is 2.48. The lowest BCUT2D eigenvalue weighted by atomic mass is 10.2. The van der Waals surface area contributed by atoms with E-state index in [0.717, 1.165) is 27.2 Å². The molecule has 4 aromatic rings. The van der Waals surface area contributed by atoms with E-state index in [-0.39, 0.29) is 11.7 Å². The Balaban J connectivity index is 1.38. The van der Waals surface area contributed by atoms with Crippen LogP contribution in [-0.4, -0.2) is 21.9 Å². The van der Waals surface area contributed by atoms with Gasteiger partial charge in [0.25, 0.3) is 5.22 Å². The number of rotatable bonds is 5. The summed E-state index contributed by atoms with van der Waals surface area (Å²) in [6.07, 6.45) is 0. The van der Waals surface area contributed by atoms with Gasteiger partial charge in [-0.2, -0.15) is 0 Å². The molecule has 0 unspecified atom stereocenters. The maximum Gasteiger partial charge on any atom is 0.336 e. The standard InChI is InChI=1S/C19H12BrN3O4S/c20-13-3-1-2-12(8-13)18-22-23-19(27-18)28-10-16(24)21-14-5-6-15-11(9-14)4-7-17(25)26-15/h1-9H,10H2,(H,21,24). The van der Waals surface area contributed by atoms with Crippen LogP contribution in [0, 0.1) is 0 Å². The summed E-state index contributed by atoms with van der Waals surface area (Å²) < 4.78 is 11.6. The van der Waals surface area contributed by atoms with E-state index in [1.165, 1.54) is 6.07 Å². The summed E-state index contributed by atoms with van der Waals surface area (Å²) in [4.78, 5) is 23.4. The number of benzene rings is 2. The molecule has 28 heavy (non-hydrogen) atoms. The minimum Gasteiger partial charge on any atom is -0.423 e. The minimum absolute atomic E-state index is 0.113. The summed E-state index contributed by atoms with van der Waals surface area (Å²) in [5, 5.41) is 11.8. The van der Waals surface area contributed by atoms with Crippen LogP contribution in [0.4, 0.5) is 5.69 Å². The van der Waals surface area contributed by atoms with Crippen LogP contribution in [0.15, 0.2) is 77.9 Å². The first-order valence-corrected chi connectivity index (χ1v) is 9.91. The van der Waals surface area contributed by atoms with Gasteiger partial charge in [0.05, 0.1) is 5.75 Å². The number of anilines is 1. The number of nitrogens with zero attached hydrogens (tertiary/aromatic N) is 2. The Morgan fingerprint density at radius 3 is 2.82 bits per heavy atom. The number of hydrogen-bond acceptors (Lipinski definition) is 7. The molecule has 0 saturated heterocycles. The van der Waals surface area contributed by atoms with Gasteiger partial charge in [-0.1, -0.05) is 33.8 Å². The van der Waals surface area contributed by atoms with Crippen LogP contribution in [-0.2, 0) is 4.79 Å². The molecule has 0 aliphatic rings. The summed E-state index contributed by atoms with van der Waals surface area (Å²) in [7, 11) is 0. The Morgan fingerprint density at radius 1 is 1.07 bits per heavy atom. The summed E-state index contributed by atoms with van der Waals surface area (Å²) >= 11 is 4.55. The highest BCUT2D eigenvalue weighted by Gasteiger charge is 2.12. The van der Waals surface area contributed by atoms with Crippen molar-refractivity contribution >= 4 is 50.3 Å². The van der Waals surface area contributed by atoms with Crippen LogP contribution < -0.4 is 10.9 Å². The normalized spacial score (nSPS) is 10.9. The molecule has 1 N–H and O–H groups in total. The van der Waals surface area contributed by atoms with E-state index >= 15 is 0 Å². The van der Waals surface area contributed by atoms with Gasteiger partial charge in [0.15, 0.2) is 0 Å². The Labute approximate surface area is 171 Å². The number of nitrogens with one attached hydrogen (secondary N) is 1. The monoisotopic (exact) mass is 457 g/mol. The number of thioether (sulfide) groups is 1. The fourth-order valence-corrected chi connectivity index (χ4v) is 3.44. The molecule has 140 valence electrons. The largest absolute Gasteiger partial charge is 0.423 e. The van der Waals surface area contributed by atoms with Gasteiger partial charge in [-0.15, -0.1) is 10.2 Å². The quantitative estimate of drug-likeness (QED) is 0.351. The Hall–Kier alpha value is -2.91. The van der Waals surface area contributed by atoms with Crippen molar-refractivity contribution in [2.75, 3.05) is 11.1 Å². The molecule has 0 aliphatic carbocycles. The first-order chi connectivity index (χ1) is 13.6. The second-order valence-electron chi connectivity index (χ2n) is 5.73. The van der Waals surface area contributed by atoms with Crippen molar-refractivity contribution in [3.05, 3.63) is 69.5 Å². The molecule has 1 amide bonds. The number of amides is 1. The smallest absolute Gasteiger partial charge is 0.336 e. The zero-order chi connectivity index (χ0) is 19.5. The third-order valence-electron chi connectivity index (χ3n) is 3.71. The minimum atomic E-state index is -0.414. The van der Waals surface area contributed by atoms with E-state index in [4.69, 9.17) is 8.83 Å². The average molecular weight is 458 g/mol. The number of fused-ring (bicyclic) bond motifs is 1. The molecule has 9 heteroatoms. The summed E-state index contributed by atoms with van der Waals surface area (Å²) in [6.45, 7) is 0. The van der Waals surface area contributed by atoms with Crippen molar-refractivity contribution in [3.8, 4) is 11.5 Å². The molecular formula is C19H12BrN3O4S. The van der Waals surface area contributed by atoms with Crippen LogP contribution >= 0.6 is 27.7 Å².